The highest BCUT2D eigenvalue weighted by atomic mass is 16.5. The van der Waals surface area contributed by atoms with Gasteiger partial charge in [-0.1, -0.05) is 6.07 Å². The van der Waals surface area contributed by atoms with Gasteiger partial charge in [0.2, 0.25) is 5.88 Å². The first kappa shape index (κ1) is 12.1. The minimum absolute atomic E-state index is 0.607. The maximum Gasteiger partial charge on any atom is 0.212 e. The second kappa shape index (κ2) is 5.81. The highest BCUT2D eigenvalue weighted by Crippen LogP contribution is 2.10. The molecule has 0 spiro atoms. The normalized spacial score (nSPS) is 9.89. The Morgan fingerprint density at radius 3 is 2.67 bits per heavy atom. The smallest absolute Gasteiger partial charge is 0.212 e. The first-order chi connectivity index (χ1) is 8.81. The van der Waals surface area contributed by atoms with Crippen LogP contribution in [0, 0.1) is 0 Å². The first-order valence-electron chi connectivity index (χ1n) is 5.54. The van der Waals surface area contributed by atoms with E-state index < -0.39 is 0 Å². The van der Waals surface area contributed by atoms with E-state index in [1.165, 1.54) is 0 Å². The highest BCUT2D eigenvalue weighted by molar-refractivity contribution is 5.41. The number of hydrogen-bond acceptors (Lipinski definition) is 6. The summed E-state index contributed by atoms with van der Waals surface area (Å²) in [5.41, 5.74) is 1.05. The molecule has 2 N–H and O–H groups in total. The summed E-state index contributed by atoms with van der Waals surface area (Å²) >= 11 is 0. The summed E-state index contributed by atoms with van der Waals surface area (Å²) in [5.74, 6) is 2.06. The van der Waals surface area contributed by atoms with Crippen molar-refractivity contribution in [1.29, 1.82) is 0 Å². The largest absolute Gasteiger partial charge is 0.481 e. The number of hydrogen-bond donors (Lipinski definition) is 2. The minimum atomic E-state index is 0.607. The van der Waals surface area contributed by atoms with Gasteiger partial charge in [-0.2, -0.15) is 0 Å². The Morgan fingerprint density at radius 2 is 2.00 bits per heavy atom. The summed E-state index contributed by atoms with van der Waals surface area (Å²) in [7, 11) is 3.40. The van der Waals surface area contributed by atoms with Crippen LogP contribution in [-0.4, -0.2) is 29.1 Å². The molecule has 2 heterocycles. The van der Waals surface area contributed by atoms with Gasteiger partial charge in [-0.15, -0.1) is 0 Å². The van der Waals surface area contributed by atoms with Gasteiger partial charge in [0.25, 0.3) is 0 Å². The number of ether oxygens (including phenoxy) is 1. The van der Waals surface area contributed by atoms with E-state index in [1.54, 1.807) is 32.7 Å². The zero-order chi connectivity index (χ0) is 12.8. The molecular formula is C12H15N5O. The summed E-state index contributed by atoms with van der Waals surface area (Å²) in [6.45, 7) is 0.638. The third kappa shape index (κ3) is 3.07. The molecule has 18 heavy (non-hydrogen) atoms. The number of anilines is 2. The van der Waals surface area contributed by atoms with Crippen LogP contribution < -0.4 is 15.4 Å². The van der Waals surface area contributed by atoms with Crippen LogP contribution in [-0.2, 0) is 6.54 Å². The molecule has 2 rings (SSSR count). The number of aromatic nitrogens is 3. The molecule has 0 amide bonds. The lowest BCUT2D eigenvalue weighted by Gasteiger charge is -2.07. The average Bonchev–Trinajstić information content (AvgIpc) is 2.46. The molecule has 0 bridgehead atoms. The highest BCUT2D eigenvalue weighted by Gasteiger charge is 1.98. The summed E-state index contributed by atoms with van der Waals surface area (Å²) in [6.07, 6.45) is 5.11. The summed E-state index contributed by atoms with van der Waals surface area (Å²) in [5, 5.41) is 6.12. The predicted molar refractivity (Wildman–Crippen MR) is 69.7 cm³/mol. The van der Waals surface area contributed by atoms with Crippen molar-refractivity contribution >= 4 is 11.6 Å². The van der Waals surface area contributed by atoms with Crippen molar-refractivity contribution in [2.75, 3.05) is 24.8 Å². The van der Waals surface area contributed by atoms with Gasteiger partial charge in [0.15, 0.2) is 0 Å². The van der Waals surface area contributed by atoms with Crippen LogP contribution in [0.5, 0.6) is 5.88 Å². The molecule has 0 unspecified atom stereocenters. The quantitative estimate of drug-likeness (QED) is 0.832. The van der Waals surface area contributed by atoms with Crippen LogP contribution in [0.1, 0.15) is 5.56 Å². The van der Waals surface area contributed by atoms with E-state index in [2.05, 4.69) is 25.6 Å². The van der Waals surface area contributed by atoms with Gasteiger partial charge in [0.05, 0.1) is 19.5 Å². The summed E-state index contributed by atoms with van der Waals surface area (Å²) < 4.78 is 5.00. The number of pyridine rings is 1. The van der Waals surface area contributed by atoms with Crippen molar-refractivity contribution in [3.05, 3.63) is 36.3 Å². The Hall–Kier alpha value is -2.37. The van der Waals surface area contributed by atoms with Gasteiger partial charge in [0.1, 0.15) is 11.6 Å². The van der Waals surface area contributed by atoms with Crippen molar-refractivity contribution in [2.45, 2.75) is 6.54 Å². The van der Waals surface area contributed by atoms with Crippen molar-refractivity contribution < 1.29 is 4.74 Å². The van der Waals surface area contributed by atoms with Crippen LogP contribution >= 0.6 is 0 Å². The number of nitrogens with zero attached hydrogens (tertiary/aromatic N) is 3. The molecule has 0 saturated heterocycles. The van der Waals surface area contributed by atoms with Crippen molar-refractivity contribution in [3.8, 4) is 5.88 Å². The number of nitrogens with one attached hydrogen (secondary N) is 2. The second-order valence-electron chi connectivity index (χ2n) is 3.60. The van der Waals surface area contributed by atoms with Crippen LogP contribution in [0.4, 0.5) is 11.6 Å². The Morgan fingerprint density at radius 1 is 1.17 bits per heavy atom. The zero-order valence-electron chi connectivity index (χ0n) is 10.3. The topological polar surface area (TPSA) is 72.0 Å². The van der Waals surface area contributed by atoms with E-state index in [0.717, 1.165) is 17.2 Å². The fourth-order valence-electron chi connectivity index (χ4n) is 1.40. The van der Waals surface area contributed by atoms with Crippen molar-refractivity contribution in [1.82, 2.24) is 15.0 Å². The lowest BCUT2D eigenvalue weighted by Crippen LogP contribution is -2.04. The first-order valence-corrected chi connectivity index (χ1v) is 5.54. The van der Waals surface area contributed by atoms with Gasteiger partial charge >= 0.3 is 0 Å². The van der Waals surface area contributed by atoms with Crippen LogP contribution in [0.15, 0.2) is 30.7 Å². The lowest BCUT2D eigenvalue weighted by atomic mass is 10.3. The Kier molecular flexibility index (Phi) is 3.90. The fourth-order valence-corrected chi connectivity index (χ4v) is 1.40. The molecule has 6 nitrogen and oxygen atoms in total. The summed E-state index contributed by atoms with van der Waals surface area (Å²) in [6, 6.07) is 3.78. The number of rotatable bonds is 5. The maximum atomic E-state index is 5.00. The molecule has 0 aliphatic rings. The molecule has 6 heteroatoms. The SMILES string of the molecule is CNc1cncc(NCc2ccc(OC)nc2)n1. The van der Waals surface area contributed by atoms with Crippen LogP contribution in [0.2, 0.25) is 0 Å². The van der Waals surface area contributed by atoms with Crippen molar-refractivity contribution in [2.24, 2.45) is 0 Å². The Labute approximate surface area is 105 Å². The van der Waals surface area contributed by atoms with E-state index in [9.17, 15) is 0 Å². The van der Waals surface area contributed by atoms with Gasteiger partial charge in [-0.25, -0.2) is 9.97 Å². The molecular weight excluding hydrogens is 230 g/mol. The van der Waals surface area contributed by atoms with Crippen LogP contribution in [0.25, 0.3) is 0 Å². The third-order valence-electron chi connectivity index (χ3n) is 2.37. The van der Waals surface area contributed by atoms with E-state index >= 15 is 0 Å². The lowest BCUT2D eigenvalue weighted by molar-refractivity contribution is 0.397. The molecule has 0 atom stereocenters. The molecule has 0 fully saturated rings. The molecule has 0 aromatic carbocycles. The zero-order valence-corrected chi connectivity index (χ0v) is 10.3. The molecule has 0 aliphatic carbocycles. The van der Waals surface area contributed by atoms with Gasteiger partial charge < -0.3 is 15.4 Å². The molecule has 2 aromatic heterocycles. The maximum absolute atomic E-state index is 5.00. The van der Waals surface area contributed by atoms with E-state index in [4.69, 9.17) is 4.74 Å². The molecule has 0 radical (unpaired) electrons. The molecule has 2 aromatic rings. The standard InChI is InChI=1S/C12H15N5O/c1-13-10-7-14-8-11(17-10)15-5-9-3-4-12(18-2)16-6-9/h3-4,6-8H,5H2,1-2H3,(H2,13,15,17). The number of methoxy groups -OCH3 is 1. The van der Waals surface area contributed by atoms with Gasteiger partial charge in [-0.3, -0.25) is 4.98 Å². The van der Waals surface area contributed by atoms with Crippen LogP contribution in [0.3, 0.4) is 0 Å². The fraction of sp³-hybridized carbons (Fsp3) is 0.250. The monoisotopic (exact) mass is 245 g/mol. The van der Waals surface area contributed by atoms with Gasteiger partial charge in [0, 0.05) is 25.9 Å². The molecule has 94 valence electrons. The summed E-state index contributed by atoms with van der Waals surface area (Å²) in [4.78, 5) is 12.5. The molecule has 0 aliphatic heterocycles. The third-order valence-corrected chi connectivity index (χ3v) is 2.37. The minimum Gasteiger partial charge on any atom is -0.481 e. The van der Waals surface area contributed by atoms with E-state index in [-0.39, 0.29) is 0 Å². The average molecular weight is 245 g/mol. The van der Waals surface area contributed by atoms with Crippen molar-refractivity contribution in [3.63, 3.8) is 0 Å². The Balaban J connectivity index is 1.97. The van der Waals surface area contributed by atoms with E-state index in [1.807, 2.05) is 12.1 Å². The molecule has 0 saturated carbocycles. The Bertz CT molecular complexity index is 500. The van der Waals surface area contributed by atoms with E-state index in [0.29, 0.717) is 12.4 Å². The second-order valence-corrected chi connectivity index (χ2v) is 3.60. The van der Waals surface area contributed by atoms with Gasteiger partial charge in [-0.05, 0) is 5.56 Å². The predicted octanol–water partition coefficient (Wildman–Crippen LogP) is 1.53.